The van der Waals surface area contributed by atoms with Crippen molar-refractivity contribution in [3.63, 3.8) is 0 Å². The van der Waals surface area contributed by atoms with Crippen molar-refractivity contribution in [3.05, 3.63) is 78.3 Å². The highest BCUT2D eigenvalue weighted by Gasteiger charge is 2.27. The second kappa shape index (κ2) is 7.84. The van der Waals surface area contributed by atoms with Crippen LogP contribution < -0.4 is 5.56 Å². The molecule has 0 unspecified atom stereocenters. The van der Waals surface area contributed by atoms with Crippen molar-refractivity contribution in [2.75, 3.05) is 7.11 Å². The van der Waals surface area contributed by atoms with E-state index in [0.29, 0.717) is 12.0 Å². The van der Waals surface area contributed by atoms with Crippen molar-refractivity contribution in [1.29, 1.82) is 0 Å². The Morgan fingerprint density at radius 2 is 1.96 bits per heavy atom. The number of halogens is 1. The summed E-state index contributed by atoms with van der Waals surface area (Å²) < 4.78 is 5.79. The summed E-state index contributed by atoms with van der Waals surface area (Å²) in [6, 6.07) is 13.7. The van der Waals surface area contributed by atoms with E-state index in [0.717, 1.165) is 19.9 Å². The third-order valence-electron chi connectivity index (χ3n) is 4.00. The van der Waals surface area contributed by atoms with Crippen molar-refractivity contribution in [3.8, 4) is 0 Å². The van der Waals surface area contributed by atoms with Gasteiger partial charge >= 0.3 is 5.97 Å². The first-order valence-corrected chi connectivity index (χ1v) is 9.34. The van der Waals surface area contributed by atoms with Crippen molar-refractivity contribution in [2.24, 2.45) is 0 Å². The fraction of sp³-hybridized carbons (Fsp3) is 0.222. The summed E-state index contributed by atoms with van der Waals surface area (Å²) in [5.74, 6) is -0.696. The van der Waals surface area contributed by atoms with Gasteiger partial charge in [-0.3, -0.25) is 14.7 Å². The number of esters is 1. The summed E-state index contributed by atoms with van der Waals surface area (Å²) in [5.41, 5.74) is 2.26. The van der Waals surface area contributed by atoms with Crippen LogP contribution in [0.3, 0.4) is 0 Å². The number of aromatic nitrogens is 2. The molecule has 0 aliphatic carbocycles. The molecule has 0 spiro atoms. The van der Waals surface area contributed by atoms with Gasteiger partial charge in [0.15, 0.2) is 0 Å². The van der Waals surface area contributed by atoms with Crippen LogP contribution in [0.4, 0.5) is 0 Å². The number of ether oxygens (including phenoxy) is 1. The number of hydrogen-bond donors (Lipinski definition) is 2. The molecule has 7 heteroatoms. The van der Waals surface area contributed by atoms with Crippen LogP contribution in [0.2, 0.25) is 0 Å². The monoisotopic (exact) mass is 420 g/mol. The summed E-state index contributed by atoms with van der Waals surface area (Å²) in [5, 5.41) is 5.64. The van der Waals surface area contributed by atoms with E-state index in [1.807, 2.05) is 42.5 Å². The molecule has 0 aliphatic rings. The Balaban J connectivity index is 2.02. The molecule has 1 atom stereocenters. The number of benzene rings is 1. The molecule has 2 heterocycles. The van der Waals surface area contributed by atoms with E-state index >= 15 is 0 Å². The molecule has 0 bridgehead atoms. The zero-order chi connectivity index (χ0) is 17.8. The summed E-state index contributed by atoms with van der Waals surface area (Å²) in [6.45, 7) is 0. The summed E-state index contributed by atoms with van der Waals surface area (Å²) in [6.07, 6.45) is 0.700. The minimum Gasteiger partial charge on any atom is -0.469 e. The largest absolute Gasteiger partial charge is 0.469 e. The molecular weight excluding hydrogens is 404 g/mol. The average Bonchev–Trinajstić information content (AvgIpc) is 3.20. The topological polar surface area (TPSA) is 75.0 Å². The van der Waals surface area contributed by atoms with E-state index < -0.39 is 0 Å². The number of methoxy groups -OCH3 is 1. The molecule has 1 aromatic carbocycles. The number of thiophene rings is 1. The zero-order valence-electron chi connectivity index (χ0n) is 13.5. The van der Waals surface area contributed by atoms with Gasteiger partial charge in [0, 0.05) is 28.5 Å². The Labute approximate surface area is 157 Å². The van der Waals surface area contributed by atoms with E-state index in [1.165, 1.54) is 18.4 Å². The summed E-state index contributed by atoms with van der Waals surface area (Å²) in [4.78, 5) is 25.3. The third kappa shape index (κ3) is 4.11. The Morgan fingerprint density at radius 1 is 1.20 bits per heavy atom. The lowest BCUT2D eigenvalue weighted by Gasteiger charge is -2.14. The molecule has 25 heavy (non-hydrogen) atoms. The van der Waals surface area contributed by atoms with Gasteiger partial charge in [0.05, 0.1) is 17.3 Å². The van der Waals surface area contributed by atoms with E-state index in [9.17, 15) is 9.59 Å². The van der Waals surface area contributed by atoms with Crippen LogP contribution in [0.1, 0.15) is 34.0 Å². The molecule has 3 rings (SSSR count). The van der Waals surface area contributed by atoms with Crippen molar-refractivity contribution in [2.45, 2.75) is 18.8 Å². The number of rotatable bonds is 6. The van der Waals surface area contributed by atoms with Crippen molar-refractivity contribution in [1.82, 2.24) is 10.2 Å². The van der Waals surface area contributed by atoms with Gasteiger partial charge in [-0.15, -0.1) is 11.3 Å². The second-order valence-corrected chi connectivity index (χ2v) is 8.10. The molecule has 5 nitrogen and oxygen atoms in total. The van der Waals surface area contributed by atoms with E-state index in [-0.39, 0.29) is 23.9 Å². The van der Waals surface area contributed by atoms with Gasteiger partial charge in [-0.25, -0.2) is 0 Å². The van der Waals surface area contributed by atoms with Crippen LogP contribution >= 0.6 is 27.3 Å². The maximum absolute atomic E-state index is 12.5. The molecule has 0 aliphatic heterocycles. The first-order chi connectivity index (χ1) is 12.1. The van der Waals surface area contributed by atoms with Gasteiger partial charge in [0.1, 0.15) is 0 Å². The van der Waals surface area contributed by atoms with Gasteiger partial charge in [-0.05, 0) is 33.6 Å². The lowest BCUT2D eigenvalue weighted by Crippen LogP contribution is -2.17. The predicted octanol–water partition coefficient (Wildman–Crippen LogP) is 3.81. The molecule has 0 radical (unpaired) electrons. The standard InChI is InChI=1S/C18H17BrN2O3S/c1-24-16(22)10-12(14-7-8-15(19)25-14)17-13(20-21-18(17)23)9-11-5-3-2-4-6-11/h2-8,12H,9-10H2,1H3,(H2,20,21,23)/t12-/m1/s1. The van der Waals surface area contributed by atoms with Gasteiger partial charge in [-0.1, -0.05) is 30.3 Å². The van der Waals surface area contributed by atoms with Crippen LogP contribution in [0.5, 0.6) is 0 Å². The molecule has 2 N–H and O–H groups in total. The predicted molar refractivity (Wildman–Crippen MR) is 101 cm³/mol. The van der Waals surface area contributed by atoms with Crippen molar-refractivity contribution >= 4 is 33.2 Å². The number of hydrogen-bond acceptors (Lipinski definition) is 4. The third-order valence-corrected chi connectivity index (χ3v) is 5.74. The Kier molecular flexibility index (Phi) is 5.55. The van der Waals surface area contributed by atoms with Crippen LogP contribution in [-0.2, 0) is 16.0 Å². The van der Waals surface area contributed by atoms with Crippen LogP contribution in [-0.4, -0.2) is 23.3 Å². The highest BCUT2D eigenvalue weighted by atomic mass is 79.9. The Hall–Kier alpha value is -2.12. The first-order valence-electron chi connectivity index (χ1n) is 7.74. The number of nitrogens with one attached hydrogen (secondary N) is 2. The number of carbonyl (C=O) groups excluding carboxylic acids is 1. The molecule has 0 amide bonds. The van der Waals surface area contributed by atoms with Gasteiger partial charge in [0.2, 0.25) is 0 Å². The molecule has 0 fully saturated rings. The normalized spacial score (nSPS) is 12.1. The molecular formula is C18H17BrN2O3S. The maximum Gasteiger partial charge on any atom is 0.306 e. The van der Waals surface area contributed by atoms with Crippen LogP contribution in [0.25, 0.3) is 0 Å². The quantitative estimate of drug-likeness (QED) is 0.595. The second-order valence-electron chi connectivity index (χ2n) is 5.61. The van der Waals surface area contributed by atoms with Crippen LogP contribution in [0.15, 0.2) is 51.0 Å². The van der Waals surface area contributed by atoms with E-state index in [4.69, 9.17) is 4.74 Å². The molecule has 2 aromatic heterocycles. The summed E-state index contributed by atoms with van der Waals surface area (Å²) in [7, 11) is 1.36. The minimum absolute atomic E-state index is 0.117. The number of carbonyl (C=O) groups is 1. The number of aromatic amines is 2. The first kappa shape index (κ1) is 17.7. The molecule has 0 saturated carbocycles. The molecule has 3 aromatic rings. The lowest BCUT2D eigenvalue weighted by atomic mass is 9.92. The maximum atomic E-state index is 12.5. The highest BCUT2D eigenvalue weighted by molar-refractivity contribution is 9.11. The Morgan fingerprint density at radius 3 is 2.60 bits per heavy atom. The Bertz CT molecular complexity index is 914. The fourth-order valence-corrected chi connectivity index (χ4v) is 4.36. The average molecular weight is 421 g/mol. The highest BCUT2D eigenvalue weighted by Crippen LogP contribution is 2.35. The van der Waals surface area contributed by atoms with Crippen LogP contribution in [0, 0.1) is 0 Å². The van der Waals surface area contributed by atoms with E-state index in [2.05, 4.69) is 26.1 Å². The van der Waals surface area contributed by atoms with Gasteiger partial charge in [-0.2, -0.15) is 0 Å². The van der Waals surface area contributed by atoms with Gasteiger partial charge in [0.25, 0.3) is 5.56 Å². The van der Waals surface area contributed by atoms with E-state index in [1.54, 1.807) is 0 Å². The molecule has 130 valence electrons. The smallest absolute Gasteiger partial charge is 0.306 e. The summed E-state index contributed by atoms with van der Waals surface area (Å²) >= 11 is 4.96. The fourth-order valence-electron chi connectivity index (χ4n) is 2.82. The lowest BCUT2D eigenvalue weighted by molar-refractivity contribution is -0.140. The zero-order valence-corrected chi connectivity index (χ0v) is 15.9. The molecule has 0 saturated heterocycles. The van der Waals surface area contributed by atoms with Crippen molar-refractivity contribution < 1.29 is 9.53 Å². The van der Waals surface area contributed by atoms with Gasteiger partial charge < -0.3 is 9.84 Å². The minimum atomic E-state index is -0.350. The SMILES string of the molecule is COC(=O)C[C@H](c1ccc(Br)s1)c1c(Cc2ccccc2)[nH][nH]c1=O. The number of H-pyrrole nitrogens is 2.